The zero-order valence-corrected chi connectivity index (χ0v) is 13.1. The minimum atomic E-state index is -1.06. The second-order valence-corrected chi connectivity index (χ2v) is 5.71. The SMILES string of the molecule is Cc1cc(NC(=O)C(C)(C)Oc2ccc(Cl)c(C)c2)no1. The van der Waals surface area contributed by atoms with Crippen molar-refractivity contribution in [1.29, 1.82) is 0 Å². The van der Waals surface area contributed by atoms with Crippen LogP contribution in [0.15, 0.2) is 28.8 Å². The highest BCUT2D eigenvalue weighted by molar-refractivity contribution is 6.31. The molecule has 112 valence electrons. The number of nitrogens with one attached hydrogen (secondary N) is 1. The summed E-state index contributed by atoms with van der Waals surface area (Å²) < 4.78 is 10.7. The summed E-state index contributed by atoms with van der Waals surface area (Å²) in [6, 6.07) is 6.89. The Morgan fingerprint density at radius 2 is 2.05 bits per heavy atom. The minimum Gasteiger partial charge on any atom is -0.478 e. The highest BCUT2D eigenvalue weighted by Crippen LogP contribution is 2.25. The van der Waals surface area contributed by atoms with E-state index in [1.54, 1.807) is 45.0 Å². The number of amides is 1. The molecule has 1 N–H and O–H groups in total. The van der Waals surface area contributed by atoms with Gasteiger partial charge in [-0.25, -0.2) is 0 Å². The van der Waals surface area contributed by atoms with E-state index in [1.807, 2.05) is 6.92 Å². The van der Waals surface area contributed by atoms with Crippen molar-refractivity contribution in [3.05, 3.63) is 40.6 Å². The number of rotatable bonds is 4. The Hall–Kier alpha value is -2.01. The third-order valence-corrected chi connectivity index (χ3v) is 3.34. The summed E-state index contributed by atoms with van der Waals surface area (Å²) in [6.45, 7) is 6.99. The minimum absolute atomic E-state index is 0.316. The lowest BCUT2D eigenvalue weighted by Gasteiger charge is -2.25. The number of benzene rings is 1. The van der Waals surface area contributed by atoms with Gasteiger partial charge in [0.2, 0.25) is 0 Å². The number of aryl methyl sites for hydroxylation is 2. The van der Waals surface area contributed by atoms with Crippen LogP contribution in [0.5, 0.6) is 5.75 Å². The number of hydrogen-bond donors (Lipinski definition) is 1. The maximum atomic E-state index is 12.3. The van der Waals surface area contributed by atoms with Crippen LogP contribution in [-0.4, -0.2) is 16.7 Å². The van der Waals surface area contributed by atoms with Gasteiger partial charge in [-0.05, 0) is 51.5 Å². The molecule has 5 nitrogen and oxygen atoms in total. The van der Waals surface area contributed by atoms with E-state index in [1.165, 1.54) is 0 Å². The van der Waals surface area contributed by atoms with Crippen LogP contribution < -0.4 is 10.1 Å². The smallest absolute Gasteiger partial charge is 0.269 e. The van der Waals surface area contributed by atoms with Gasteiger partial charge in [-0.3, -0.25) is 4.79 Å². The van der Waals surface area contributed by atoms with Gasteiger partial charge < -0.3 is 14.6 Å². The van der Waals surface area contributed by atoms with Gasteiger partial charge in [0.15, 0.2) is 11.4 Å². The zero-order valence-electron chi connectivity index (χ0n) is 12.4. The van der Waals surface area contributed by atoms with Gasteiger partial charge in [0, 0.05) is 11.1 Å². The standard InChI is InChI=1S/C15H17ClN2O3/c1-9-7-11(5-6-12(9)16)20-15(3,4)14(19)17-13-8-10(2)21-18-13/h5-8H,1-4H3,(H,17,18,19). The molecule has 0 bridgehead atoms. The van der Waals surface area contributed by atoms with Gasteiger partial charge in [0.05, 0.1) is 0 Å². The molecule has 0 unspecified atom stereocenters. The van der Waals surface area contributed by atoms with E-state index in [-0.39, 0.29) is 5.91 Å². The third-order valence-electron chi connectivity index (χ3n) is 2.92. The van der Waals surface area contributed by atoms with Gasteiger partial charge in [-0.2, -0.15) is 0 Å². The molecule has 0 aliphatic rings. The van der Waals surface area contributed by atoms with Gasteiger partial charge in [0.25, 0.3) is 5.91 Å². The first-order valence-corrected chi connectivity index (χ1v) is 6.86. The molecule has 21 heavy (non-hydrogen) atoms. The van der Waals surface area contributed by atoms with Gasteiger partial charge >= 0.3 is 0 Å². The molecule has 0 aliphatic heterocycles. The molecule has 1 amide bonds. The van der Waals surface area contributed by atoms with E-state index >= 15 is 0 Å². The fourth-order valence-electron chi connectivity index (χ4n) is 1.71. The molecule has 1 heterocycles. The van der Waals surface area contributed by atoms with E-state index < -0.39 is 5.60 Å². The Bertz CT molecular complexity index is 665. The average molecular weight is 309 g/mol. The van der Waals surface area contributed by atoms with Crippen molar-refractivity contribution < 1.29 is 14.1 Å². The van der Waals surface area contributed by atoms with Gasteiger partial charge in [-0.1, -0.05) is 16.8 Å². The Kier molecular flexibility index (Phi) is 4.23. The lowest BCUT2D eigenvalue weighted by molar-refractivity contribution is -0.128. The molecule has 2 rings (SSSR count). The molecule has 0 aliphatic carbocycles. The molecule has 2 aromatic rings. The summed E-state index contributed by atoms with van der Waals surface area (Å²) >= 11 is 5.97. The maximum absolute atomic E-state index is 12.3. The zero-order chi connectivity index (χ0) is 15.6. The molecule has 1 aromatic heterocycles. The topological polar surface area (TPSA) is 64.4 Å². The van der Waals surface area contributed by atoms with Crippen LogP contribution in [0.1, 0.15) is 25.2 Å². The summed E-state index contributed by atoms with van der Waals surface area (Å²) in [5.41, 5.74) is -0.176. The molecule has 0 saturated carbocycles. The van der Waals surface area contributed by atoms with Crippen molar-refractivity contribution in [2.24, 2.45) is 0 Å². The molecule has 0 radical (unpaired) electrons. The Balaban J connectivity index is 2.09. The first kappa shape index (κ1) is 15.4. The predicted molar refractivity (Wildman–Crippen MR) is 80.8 cm³/mol. The molecule has 0 fully saturated rings. The van der Waals surface area contributed by atoms with Crippen molar-refractivity contribution in [3.63, 3.8) is 0 Å². The Morgan fingerprint density at radius 3 is 2.62 bits per heavy atom. The summed E-state index contributed by atoms with van der Waals surface area (Å²) in [5, 5.41) is 7.03. The van der Waals surface area contributed by atoms with Crippen molar-refractivity contribution >= 4 is 23.3 Å². The second-order valence-electron chi connectivity index (χ2n) is 5.30. The number of carbonyl (C=O) groups is 1. The fourth-order valence-corrected chi connectivity index (χ4v) is 1.83. The van der Waals surface area contributed by atoms with E-state index in [2.05, 4.69) is 10.5 Å². The molecule has 0 saturated heterocycles. The van der Waals surface area contributed by atoms with Crippen molar-refractivity contribution in [3.8, 4) is 5.75 Å². The van der Waals surface area contributed by atoms with Gasteiger partial charge in [-0.15, -0.1) is 0 Å². The molecule has 6 heteroatoms. The third kappa shape index (κ3) is 3.76. The van der Waals surface area contributed by atoms with E-state index in [4.69, 9.17) is 20.9 Å². The summed E-state index contributed by atoms with van der Waals surface area (Å²) in [7, 11) is 0. The summed E-state index contributed by atoms with van der Waals surface area (Å²) in [5.74, 6) is 1.25. The average Bonchev–Trinajstić information content (AvgIpc) is 2.79. The van der Waals surface area contributed by atoms with Gasteiger partial charge in [0.1, 0.15) is 11.5 Å². The van der Waals surface area contributed by atoms with Crippen molar-refractivity contribution in [2.45, 2.75) is 33.3 Å². The quantitative estimate of drug-likeness (QED) is 0.934. The molecular weight excluding hydrogens is 292 g/mol. The Labute approximate surface area is 128 Å². The molecular formula is C15H17ClN2O3. The first-order valence-electron chi connectivity index (χ1n) is 6.48. The monoisotopic (exact) mass is 308 g/mol. The number of ether oxygens (including phenoxy) is 1. The lowest BCUT2D eigenvalue weighted by atomic mass is 10.1. The van der Waals surface area contributed by atoms with Crippen LogP contribution in [0, 0.1) is 13.8 Å². The second kappa shape index (κ2) is 5.77. The largest absolute Gasteiger partial charge is 0.478 e. The number of hydrogen-bond acceptors (Lipinski definition) is 4. The van der Waals surface area contributed by atoms with E-state index in [0.29, 0.717) is 22.4 Å². The van der Waals surface area contributed by atoms with Crippen molar-refractivity contribution in [1.82, 2.24) is 5.16 Å². The van der Waals surface area contributed by atoms with E-state index in [9.17, 15) is 4.79 Å². The summed E-state index contributed by atoms with van der Waals surface area (Å²) in [4.78, 5) is 12.3. The van der Waals surface area contributed by atoms with Crippen LogP contribution in [-0.2, 0) is 4.79 Å². The van der Waals surface area contributed by atoms with Crippen LogP contribution in [0.3, 0.4) is 0 Å². The highest BCUT2D eigenvalue weighted by Gasteiger charge is 2.30. The lowest BCUT2D eigenvalue weighted by Crippen LogP contribution is -2.42. The molecule has 0 spiro atoms. The molecule has 1 aromatic carbocycles. The number of nitrogens with zero attached hydrogens (tertiary/aromatic N) is 1. The predicted octanol–water partition coefficient (Wildman–Crippen LogP) is 3.74. The molecule has 0 atom stereocenters. The maximum Gasteiger partial charge on any atom is 0.269 e. The summed E-state index contributed by atoms with van der Waals surface area (Å²) in [6.07, 6.45) is 0. The Morgan fingerprint density at radius 1 is 1.33 bits per heavy atom. The van der Waals surface area contributed by atoms with Crippen LogP contribution in [0.25, 0.3) is 0 Å². The fraction of sp³-hybridized carbons (Fsp3) is 0.333. The van der Waals surface area contributed by atoms with E-state index in [0.717, 1.165) is 5.56 Å². The number of halogens is 1. The number of aromatic nitrogens is 1. The van der Waals surface area contributed by atoms with Crippen LogP contribution in [0.2, 0.25) is 5.02 Å². The highest BCUT2D eigenvalue weighted by atomic mass is 35.5. The van der Waals surface area contributed by atoms with Crippen LogP contribution >= 0.6 is 11.6 Å². The first-order chi connectivity index (χ1) is 9.78. The van der Waals surface area contributed by atoms with Crippen molar-refractivity contribution in [2.75, 3.05) is 5.32 Å². The number of anilines is 1. The number of carbonyl (C=O) groups excluding carboxylic acids is 1. The van der Waals surface area contributed by atoms with Crippen LogP contribution in [0.4, 0.5) is 5.82 Å². The normalized spacial score (nSPS) is 11.3.